The van der Waals surface area contributed by atoms with E-state index in [9.17, 15) is 14.0 Å². The largest absolute Gasteiger partial charge is 0.330 e. The van der Waals surface area contributed by atoms with Crippen LogP contribution in [0.4, 0.5) is 4.39 Å². The predicted molar refractivity (Wildman–Crippen MR) is 78.6 cm³/mol. The zero-order valence-electron chi connectivity index (χ0n) is 12.3. The maximum absolute atomic E-state index is 12.9. The summed E-state index contributed by atoms with van der Waals surface area (Å²) in [6.07, 6.45) is 0. The first-order chi connectivity index (χ1) is 9.90. The smallest absolute Gasteiger partial charge is 0.305 e. The summed E-state index contributed by atoms with van der Waals surface area (Å²) in [5.74, 6) is -0.278. The predicted octanol–water partition coefficient (Wildman–Crippen LogP) is 1.07. The molecule has 0 spiro atoms. The highest BCUT2D eigenvalue weighted by Crippen LogP contribution is 2.13. The van der Waals surface area contributed by atoms with Crippen LogP contribution in [0.25, 0.3) is 0 Å². The Bertz CT molecular complexity index is 747. The van der Waals surface area contributed by atoms with Crippen LogP contribution in [0.2, 0.25) is 0 Å². The van der Waals surface area contributed by atoms with Crippen LogP contribution in [0.15, 0.2) is 39.9 Å². The fraction of sp³-hybridized carbons (Fsp3) is 0.333. The lowest BCUT2D eigenvalue weighted by molar-refractivity contribution is 0.538. The highest BCUT2D eigenvalue weighted by atomic mass is 19.1. The van der Waals surface area contributed by atoms with Gasteiger partial charge in [-0.3, -0.25) is 13.9 Å². The molecule has 0 fully saturated rings. The SMILES string of the molecule is CC(NCc1cc(=O)n(C)c(=O)n1C)c1ccc(F)cc1. The van der Waals surface area contributed by atoms with Gasteiger partial charge < -0.3 is 5.32 Å². The Hall–Kier alpha value is -2.21. The summed E-state index contributed by atoms with van der Waals surface area (Å²) in [5, 5.41) is 3.22. The molecule has 0 aliphatic heterocycles. The molecule has 0 aliphatic carbocycles. The van der Waals surface area contributed by atoms with E-state index in [1.54, 1.807) is 19.2 Å². The van der Waals surface area contributed by atoms with Crippen molar-refractivity contribution < 1.29 is 4.39 Å². The average Bonchev–Trinajstić information content (AvgIpc) is 2.48. The lowest BCUT2D eigenvalue weighted by Gasteiger charge is -2.16. The Morgan fingerprint density at radius 1 is 1.14 bits per heavy atom. The Labute approximate surface area is 121 Å². The molecule has 2 aromatic rings. The standard InChI is InChI=1S/C15H18FN3O2/c1-10(11-4-6-12(16)7-5-11)17-9-13-8-14(20)19(3)15(21)18(13)2/h4-8,10,17H,9H2,1-3H3. The highest BCUT2D eigenvalue weighted by molar-refractivity contribution is 5.19. The molecule has 0 saturated carbocycles. The first-order valence-corrected chi connectivity index (χ1v) is 6.65. The molecule has 0 radical (unpaired) electrons. The van der Waals surface area contributed by atoms with Gasteiger partial charge in [0.15, 0.2) is 0 Å². The maximum Gasteiger partial charge on any atom is 0.330 e. The van der Waals surface area contributed by atoms with Crippen LogP contribution in [0.3, 0.4) is 0 Å². The molecule has 1 heterocycles. The van der Waals surface area contributed by atoms with Crippen molar-refractivity contribution in [3.63, 3.8) is 0 Å². The van der Waals surface area contributed by atoms with E-state index in [-0.39, 0.29) is 23.1 Å². The topological polar surface area (TPSA) is 56.0 Å². The zero-order valence-corrected chi connectivity index (χ0v) is 12.3. The summed E-state index contributed by atoms with van der Waals surface area (Å²) in [6.45, 7) is 2.31. The van der Waals surface area contributed by atoms with Gasteiger partial charge in [-0.2, -0.15) is 0 Å². The third-order valence-electron chi connectivity index (χ3n) is 3.58. The van der Waals surface area contributed by atoms with E-state index >= 15 is 0 Å². The Balaban J connectivity index is 2.15. The second kappa shape index (κ2) is 6.05. The highest BCUT2D eigenvalue weighted by Gasteiger charge is 2.09. The normalized spacial score (nSPS) is 12.4. The molecular formula is C15H18FN3O2. The van der Waals surface area contributed by atoms with Crippen LogP contribution in [0, 0.1) is 5.82 Å². The van der Waals surface area contributed by atoms with E-state index in [4.69, 9.17) is 0 Å². The molecule has 112 valence electrons. The number of hydrogen-bond acceptors (Lipinski definition) is 3. The van der Waals surface area contributed by atoms with Crippen LogP contribution in [-0.2, 0) is 20.6 Å². The van der Waals surface area contributed by atoms with Crippen molar-refractivity contribution in [2.45, 2.75) is 19.5 Å². The van der Waals surface area contributed by atoms with Crippen LogP contribution in [0.1, 0.15) is 24.2 Å². The van der Waals surface area contributed by atoms with Crippen LogP contribution >= 0.6 is 0 Å². The van der Waals surface area contributed by atoms with Crippen molar-refractivity contribution in [1.82, 2.24) is 14.5 Å². The minimum absolute atomic E-state index is 0.0234. The number of hydrogen-bond donors (Lipinski definition) is 1. The van der Waals surface area contributed by atoms with Crippen molar-refractivity contribution in [2.24, 2.45) is 14.1 Å². The fourth-order valence-electron chi connectivity index (χ4n) is 2.07. The lowest BCUT2D eigenvalue weighted by Crippen LogP contribution is -2.39. The first kappa shape index (κ1) is 15.2. The second-order valence-corrected chi connectivity index (χ2v) is 5.03. The molecule has 2 rings (SSSR count). The minimum atomic E-state index is -0.353. The molecule has 0 aliphatic rings. The Morgan fingerprint density at radius 3 is 2.38 bits per heavy atom. The number of benzene rings is 1. The van der Waals surface area contributed by atoms with E-state index < -0.39 is 0 Å². The van der Waals surface area contributed by atoms with Gasteiger partial charge in [0.25, 0.3) is 5.56 Å². The van der Waals surface area contributed by atoms with Gasteiger partial charge in [0, 0.05) is 38.4 Å². The fourth-order valence-corrected chi connectivity index (χ4v) is 2.07. The Morgan fingerprint density at radius 2 is 1.76 bits per heavy atom. The minimum Gasteiger partial charge on any atom is -0.305 e. The van der Waals surface area contributed by atoms with Crippen molar-refractivity contribution in [3.8, 4) is 0 Å². The number of nitrogens with zero attached hydrogens (tertiary/aromatic N) is 2. The van der Waals surface area contributed by atoms with Gasteiger partial charge in [-0.25, -0.2) is 9.18 Å². The summed E-state index contributed by atoms with van der Waals surface area (Å²) in [6, 6.07) is 7.63. The monoisotopic (exact) mass is 291 g/mol. The molecule has 1 aromatic heterocycles. The van der Waals surface area contributed by atoms with Gasteiger partial charge in [0.05, 0.1) is 0 Å². The Kier molecular flexibility index (Phi) is 4.37. The molecule has 1 unspecified atom stereocenters. The van der Waals surface area contributed by atoms with Crippen LogP contribution in [-0.4, -0.2) is 9.13 Å². The van der Waals surface area contributed by atoms with Crippen LogP contribution in [0.5, 0.6) is 0 Å². The molecular weight excluding hydrogens is 273 g/mol. The maximum atomic E-state index is 12.9. The zero-order chi connectivity index (χ0) is 15.6. The molecule has 0 bridgehead atoms. The molecule has 1 aromatic carbocycles. The van der Waals surface area contributed by atoms with Crippen molar-refractivity contribution in [2.75, 3.05) is 0 Å². The summed E-state index contributed by atoms with van der Waals surface area (Å²) in [7, 11) is 3.07. The second-order valence-electron chi connectivity index (χ2n) is 5.03. The van der Waals surface area contributed by atoms with Crippen molar-refractivity contribution >= 4 is 0 Å². The molecule has 1 atom stereocenters. The summed E-state index contributed by atoms with van der Waals surface area (Å²) in [5.41, 5.74) is 0.861. The van der Waals surface area contributed by atoms with Crippen molar-refractivity contribution in [3.05, 3.63) is 68.2 Å². The third-order valence-corrected chi connectivity index (χ3v) is 3.58. The van der Waals surface area contributed by atoms with Gasteiger partial charge in [-0.15, -0.1) is 0 Å². The number of nitrogens with one attached hydrogen (secondary N) is 1. The van der Waals surface area contributed by atoms with E-state index in [1.807, 2.05) is 6.92 Å². The first-order valence-electron chi connectivity index (χ1n) is 6.65. The summed E-state index contributed by atoms with van der Waals surface area (Å²) >= 11 is 0. The number of aromatic nitrogens is 2. The third kappa shape index (κ3) is 3.28. The molecule has 1 N–H and O–H groups in total. The summed E-state index contributed by atoms with van der Waals surface area (Å²) in [4.78, 5) is 23.5. The van der Waals surface area contributed by atoms with Gasteiger partial charge >= 0.3 is 5.69 Å². The molecule has 5 nitrogen and oxygen atoms in total. The van der Waals surface area contributed by atoms with E-state index in [0.717, 1.165) is 10.1 Å². The molecule has 0 amide bonds. The van der Waals surface area contributed by atoms with Crippen molar-refractivity contribution in [1.29, 1.82) is 0 Å². The van der Waals surface area contributed by atoms with E-state index in [2.05, 4.69) is 5.32 Å². The summed E-state index contributed by atoms with van der Waals surface area (Å²) < 4.78 is 15.4. The van der Waals surface area contributed by atoms with Gasteiger partial charge in [0.1, 0.15) is 5.82 Å². The van der Waals surface area contributed by atoms with Gasteiger partial charge in [-0.1, -0.05) is 12.1 Å². The number of rotatable bonds is 4. The number of halogens is 1. The quantitative estimate of drug-likeness (QED) is 0.917. The lowest BCUT2D eigenvalue weighted by atomic mass is 10.1. The average molecular weight is 291 g/mol. The molecule has 0 saturated heterocycles. The molecule has 21 heavy (non-hydrogen) atoms. The van der Waals surface area contributed by atoms with E-state index in [0.29, 0.717) is 12.2 Å². The van der Waals surface area contributed by atoms with Gasteiger partial charge in [0.2, 0.25) is 0 Å². The van der Waals surface area contributed by atoms with Gasteiger partial charge in [-0.05, 0) is 24.6 Å². The van der Waals surface area contributed by atoms with Crippen LogP contribution < -0.4 is 16.6 Å². The molecule has 6 heteroatoms. The van der Waals surface area contributed by atoms with E-state index in [1.165, 1.54) is 29.8 Å².